The van der Waals surface area contributed by atoms with E-state index < -0.39 is 15.8 Å². The molecule has 1 aromatic carbocycles. The van der Waals surface area contributed by atoms with Gasteiger partial charge < -0.3 is 5.73 Å². The van der Waals surface area contributed by atoms with Crippen molar-refractivity contribution in [2.45, 2.75) is 37.1 Å². The average Bonchev–Trinajstić information content (AvgIpc) is 2.49. The molecule has 1 aliphatic heterocycles. The number of nitrogens with zero attached hydrogens (tertiary/aromatic N) is 1. The lowest BCUT2D eigenvalue weighted by Gasteiger charge is -2.37. The normalized spacial score (nSPS) is 24.2. The summed E-state index contributed by atoms with van der Waals surface area (Å²) in [4.78, 5) is -0.0170. The molecule has 0 bridgehead atoms. The molecular formula is C14H20BrFN2O2S. The fourth-order valence-corrected chi connectivity index (χ4v) is 4.71. The summed E-state index contributed by atoms with van der Waals surface area (Å²) in [6, 6.07) is 3.68. The van der Waals surface area contributed by atoms with Crippen LogP contribution in [0.2, 0.25) is 0 Å². The predicted molar refractivity (Wildman–Crippen MR) is 83.8 cm³/mol. The number of sulfonamides is 1. The Morgan fingerprint density at radius 3 is 2.76 bits per heavy atom. The summed E-state index contributed by atoms with van der Waals surface area (Å²) in [5, 5.41) is 0. The molecule has 2 unspecified atom stereocenters. The van der Waals surface area contributed by atoms with Crippen molar-refractivity contribution in [3.63, 3.8) is 0 Å². The van der Waals surface area contributed by atoms with Gasteiger partial charge in [-0.25, -0.2) is 12.8 Å². The average molecular weight is 379 g/mol. The van der Waals surface area contributed by atoms with Crippen LogP contribution < -0.4 is 5.73 Å². The van der Waals surface area contributed by atoms with Crippen LogP contribution in [0.15, 0.2) is 27.6 Å². The molecular weight excluding hydrogens is 359 g/mol. The van der Waals surface area contributed by atoms with Crippen LogP contribution in [0.1, 0.15) is 26.2 Å². The van der Waals surface area contributed by atoms with Crippen LogP contribution in [-0.4, -0.2) is 31.9 Å². The highest BCUT2D eigenvalue weighted by atomic mass is 79.9. The van der Waals surface area contributed by atoms with Crippen molar-refractivity contribution >= 4 is 26.0 Å². The van der Waals surface area contributed by atoms with Gasteiger partial charge in [-0.15, -0.1) is 0 Å². The van der Waals surface area contributed by atoms with Gasteiger partial charge in [0.2, 0.25) is 10.0 Å². The smallest absolute Gasteiger partial charge is 0.243 e. The Hall–Kier alpha value is -0.500. The minimum Gasteiger partial charge on any atom is -0.329 e. The first-order chi connectivity index (χ1) is 9.90. The van der Waals surface area contributed by atoms with E-state index in [9.17, 15) is 12.8 Å². The zero-order chi connectivity index (χ0) is 15.6. The van der Waals surface area contributed by atoms with Crippen molar-refractivity contribution in [3.8, 4) is 0 Å². The topological polar surface area (TPSA) is 63.4 Å². The summed E-state index contributed by atoms with van der Waals surface area (Å²) >= 11 is 3.03. The van der Waals surface area contributed by atoms with Crippen LogP contribution in [0.4, 0.5) is 4.39 Å². The number of benzene rings is 1. The van der Waals surface area contributed by atoms with Crippen molar-refractivity contribution in [3.05, 3.63) is 28.5 Å². The van der Waals surface area contributed by atoms with Crippen LogP contribution >= 0.6 is 15.9 Å². The highest BCUT2D eigenvalue weighted by molar-refractivity contribution is 9.10. The second kappa shape index (κ2) is 6.73. The number of rotatable bonds is 4. The van der Waals surface area contributed by atoms with E-state index in [4.69, 9.17) is 5.73 Å². The predicted octanol–water partition coefficient (Wildman–Crippen LogP) is 2.73. The van der Waals surface area contributed by atoms with Gasteiger partial charge in [0.15, 0.2) is 0 Å². The largest absolute Gasteiger partial charge is 0.329 e. The van der Waals surface area contributed by atoms with Gasteiger partial charge in [0.05, 0.1) is 9.37 Å². The Kier molecular flexibility index (Phi) is 5.40. The first-order valence-corrected chi connectivity index (χ1v) is 9.30. The summed E-state index contributed by atoms with van der Waals surface area (Å²) in [7, 11) is -3.70. The number of hydrogen-bond donors (Lipinski definition) is 1. The van der Waals surface area contributed by atoms with E-state index in [1.807, 2.05) is 0 Å². The summed E-state index contributed by atoms with van der Waals surface area (Å²) in [6.07, 6.45) is 2.62. The molecule has 0 radical (unpaired) electrons. The maximum absolute atomic E-state index is 13.6. The molecule has 21 heavy (non-hydrogen) atoms. The van der Waals surface area contributed by atoms with Crippen molar-refractivity contribution in [2.75, 3.05) is 13.1 Å². The maximum Gasteiger partial charge on any atom is 0.243 e. The minimum absolute atomic E-state index is 0.0170. The highest BCUT2D eigenvalue weighted by Gasteiger charge is 2.35. The zero-order valence-electron chi connectivity index (χ0n) is 11.9. The van der Waals surface area contributed by atoms with Crippen molar-refractivity contribution in [1.82, 2.24) is 4.31 Å². The van der Waals surface area contributed by atoms with Gasteiger partial charge in [-0.05, 0) is 52.9 Å². The van der Waals surface area contributed by atoms with Crippen LogP contribution in [0.25, 0.3) is 0 Å². The van der Waals surface area contributed by atoms with Crippen molar-refractivity contribution in [1.29, 1.82) is 0 Å². The molecule has 1 aromatic rings. The number of nitrogens with two attached hydrogens (primary N) is 1. The van der Waals surface area contributed by atoms with E-state index in [1.54, 1.807) is 0 Å². The first kappa shape index (κ1) is 16.9. The Morgan fingerprint density at radius 2 is 2.19 bits per heavy atom. The van der Waals surface area contributed by atoms with E-state index in [2.05, 4.69) is 22.9 Å². The third-order valence-corrected chi connectivity index (χ3v) is 6.71. The Balaban J connectivity index is 2.31. The zero-order valence-corrected chi connectivity index (χ0v) is 14.3. The van der Waals surface area contributed by atoms with Gasteiger partial charge in [-0.2, -0.15) is 4.31 Å². The van der Waals surface area contributed by atoms with Crippen molar-refractivity contribution < 1.29 is 12.8 Å². The van der Waals surface area contributed by atoms with E-state index >= 15 is 0 Å². The third kappa shape index (κ3) is 3.47. The van der Waals surface area contributed by atoms with Crippen LogP contribution in [0.3, 0.4) is 0 Å². The molecule has 0 aromatic heterocycles. The summed E-state index contributed by atoms with van der Waals surface area (Å²) in [5.74, 6) is -0.0736. The molecule has 4 nitrogen and oxygen atoms in total. The Labute approximate surface area is 133 Å². The fourth-order valence-electron chi connectivity index (χ4n) is 2.79. The Bertz CT molecular complexity index is 609. The van der Waals surface area contributed by atoms with Crippen LogP contribution in [-0.2, 0) is 10.0 Å². The molecule has 0 amide bonds. The molecule has 0 saturated carbocycles. The molecule has 2 N–H and O–H groups in total. The van der Waals surface area contributed by atoms with Gasteiger partial charge in [-0.1, -0.05) is 13.3 Å². The molecule has 2 rings (SSSR count). The van der Waals surface area contributed by atoms with Crippen LogP contribution in [0, 0.1) is 11.7 Å². The lowest BCUT2D eigenvalue weighted by molar-refractivity contribution is 0.197. The standard InChI is InChI=1S/C14H20BrFN2O2S/c1-2-10-5-6-18(11(7-10)9-17)21(19,20)12-3-4-13(15)14(16)8-12/h3-4,8,10-11H,2,5-7,9,17H2,1H3. The number of piperidine rings is 1. The molecule has 2 atom stereocenters. The summed E-state index contributed by atoms with van der Waals surface area (Å²) < 4.78 is 40.7. The van der Waals surface area contributed by atoms with Crippen LogP contribution in [0.5, 0.6) is 0 Å². The molecule has 1 heterocycles. The fraction of sp³-hybridized carbons (Fsp3) is 0.571. The first-order valence-electron chi connectivity index (χ1n) is 7.07. The lowest BCUT2D eigenvalue weighted by Crippen LogP contribution is -2.49. The molecule has 1 fully saturated rings. The quantitative estimate of drug-likeness (QED) is 0.875. The number of hydrogen-bond acceptors (Lipinski definition) is 3. The monoisotopic (exact) mass is 378 g/mol. The van der Waals surface area contributed by atoms with Gasteiger partial charge >= 0.3 is 0 Å². The number of halogens is 2. The molecule has 1 saturated heterocycles. The summed E-state index contributed by atoms with van der Waals surface area (Å²) in [5.41, 5.74) is 5.75. The minimum atomic E-state index is -3.70. The van der Waals surface area contributed by atoms with E-state index in [1.165, 1.54) is 16.4 Å². The molecule has 118 valence electrons. The molecule has 0 spiro atoms. The van der Waals surface area contributed by atoms with E-state index in [-0.39, 0.29) is 22.0 Å². The molecule has 0 aliphatic carbocycles. The van der Waals surface area contributed by atoms with E-state index in [0.717, 1.165) is 25.3 Å². The molecule has 7 heteroatoms. The lowest BCUT2D eigenvalue weighted by atomic mass is 9.90. The third-order valence-electron chi connectivity index (χ3n) is 4.12. The van der Waals surface area contributed by atoms with Gasteiger partial charge in [0, 0.05) is 19.1 Å². The SMILES string of the molecule is CCC1CCN(S(=O)(=O)c2ccc(Br)c(F)c2)C(CN)C1. The molecule has 1 aliphatic rings. The van der Waals surface area contributed by atoms with Gasteiger partial charge in [0.25, 0.3) is 0 Å². The highest BCUT2D eigenvalue weighted by Crippen LogP contribution is 2.30. The second-order valence-corrected chi connectivity index (χ2v) is 8.12. The van der Waals surface area contributed by atoms with E-state index in [0.29, 0.717) is 12.5 Å². The summed E-state index contributed by atoms with van der Waals surface area (Å²) in [6.45, 7) is 2.83. The van der Waals surface area contributed by atoms with Gasteiger partial charge in [-0.3, -0.25) is 0 Å². The maximum atomic E-state index is 13.6. The second-order valence-electron chi connectivity index (χ2n) is 5.38. The van der Waals surface area contributed by atoms with Crippen molar-refractivity contribution in [2.24, 2.45) is 11.7 Å². The van der Waals surface area contributed by atoms with Gasteiger partial charge in [0.1, 0.15) is 5.82 Å². The Morgan fingerprint density at radius 1 is 1.48 bits per heavy atom.